The number of carboxylic acids is 1. The first kappa shape index (κ1) is 64.1. The van der Waals surface area contributed by atoms with E-state index in [1.807, 2.05) is 95.6 Å². The van der Waals surface area contributed by atoms with E-state index < -0.39 is 43.0 Å². The van der Waals surface area contributed by atoms with Gasteiger partial charge in [0.05, 0.1) is 29.4 Å². The topological polar surface area (TPSA) is 327 Å². The number of nitrogens with one attached hydrogen (secondary N) is 4. The third-order valence-corrected chi connectivity index (χ3v) is 15.4. The van der Waals surface area contributed by atoms with Crippen molar-refractivity contribution in [3.8, 4) is 0 Å². The van der Waals surface area contributed by atoms with Gasteiger partial charge in [0.2, 0.25) is 15.9 Å². The molecule has 23 nitrogen and oxygen atoms in total. The second-order valence-electron chi connectivity index (χ2n) is 23.0. The van der Waals surface area contributed by atoms with Gasteiger partial charge in [0.1, 0.15) is 22.8 Å². The van der Waals surface area contributed by atoms with E-state index in [0.29, 0.717) is 30.1 Å². The summed E-state index contributed by atoms with van der Waals surface area (Å²) in [6, 6.07) is 20.3. The number of likely N-dealkylation sites (tertiary alicyclic amines) is 1. The molecule has 25 heteroatoms. The van der Waals surface area contributed by atoms with E-state index in [1.54, 1.807) is 54.5 Å². The summed E-state index contributed by atoms with van der Waals surface area (Å²) < 4.78 is 57.3. The predicted octanol–water partition coefficient (Wildman–Crippen LogP) is 6.35. The number of hydrogen-bond acceptors (Lipinski definition) is 18. The zero-order valence-electron chi connectivity index (χ0n) is 48.6. The highest BCUT2D eigenvalue weighted by molar-refractivity contribution is 7.88. The number of rotatable bonds is 12. The van der Waals surface area contributed by atoms with Gasteiger partial charge in [-0.15, -0.1) is 0 Å². The van der Waals surface area contributed by atoms with E-state index in [9.17, 15) is 22.8 Å². The number of alkyl carbamates (subject to hydrolysis) is 1. The van der Waals surface area contributed by atoms with Gasteiger partial charge >= 0.3 is 22.6 Å². The largest absolute Gasteiger partial charge is 0.481 e. The van der Waals surface area contributed by atoms with Crippen LogP contribution < -0.4 is 36.6 Å². The molecule has 3 aromatic heterocycles. The van der Waals surface area contributed by atoms with E-state index in [2.05, 4.69) is 30.1 Å². The number of carbonyl (C=O) groups is 3. The van der Waals surface area contributed by atoms with Crippen LogP contribution in [0, 0.1) is 18.6 Å². The number of piperidine rings is 2. The number of aromatic nitrogens is 5. The highest BCUT2D eigenvalue weighted by atomic mass is 32.2. The number of sulfonamides is 1. The Morgan fingerprint density at radius 3 is 2.05 bits per heavy atom. The van der Waals surface area contributed by atoms with E-state index in [-0.39, 0.29) is 37.6 Å². The lowest BCUT2D eigenvalue weighted by Gasteiger charge is -2.41. The van der Waals surface area contributed by atoms with Gasteiger partial charge in [-0.25, -0.2) is 32.7 Å². The van der Waals surface area contributed by atoms with Crippen molar-refractivity contribution in [1.82, 2.24) is 44.8 Å². The summed E-state index contributed by atoms with van der Waals surface area (Å²) in [6.07, 6.45) is 14.1. The van der Waals surface area contributed by atoms with Crippen molar-refractivity contribution in [2.75, 3.05) is 55.3 Å². The summed E-state index contributed by atoms with van der Waals surface area (Å²) in [5.41, 5.74) is 15.4. The van der Waals surface area contributed by atoms with Gasteiger partial charge in [-0.2, -0.15) is 23.0 Å². The van der Waals surface area contributed by atoms with Crippen molar-refractivity contribution in [2.45, 2.75) is 147 Å². The number of ether oxygens (including phenoxy) is 1. The van der Waals surface area contributed by atoms with Crippen LogP contribution in [-0.4, -0.2) is 139 Å². The van der Waals surface area contributed by atoms with E-state index in [1.165, 1.54) is 12.8 Å². The highest BCUT2D eigenvalue weighted by Crippen LogP contribution is 2.36. The molecule has 0 spiro atoms. The number of benzene rings is 2. The molecule has 4 fully saturated rings. The van der Waals surface area contributed by atoms with Crippen molar-refractivity contribution in [3.05, 3.63) is 119 Å². The minimum absolute atomic E-state index is 0. The Hall–Kier alpha value is -7.06. The average molecular weight is 1170 g/mol. The Kier molecular flexibility index (Phi) is 21.7. The number of carbonyl (C=O) groups excluding carboxylic acids is 2. The highest BCUT2D eigenvalue weighted by Gasteiger charge is 2.44. The predicted molar refractivity (Wildman–Crippen MR) is 318 cm³/mol. The van der Waals surface area contributed by atoms with E-state index in [0.717, 1.165) is 111 Å². The number of aliphatic carboxylic acids is 1. The van der Waals surface area contributed by atoms with Crippen LogP contribution in [0.1, 0.15) is 134 Å². The van der Waals surface area contributed by atoms with Gasteiger partial charge in [0.15, 0.2) is 11.5 Å². The molecule has 9 rings (SSSR count). The van der Waals surface area contributed by atoms with Crippen LogP contribution in [0.25, 0.3) is 11.7 Å². The van der Waals surface area contributed by atoms with Crippen molar-refractivity contribution in [3.63, 3.8) is 0 Å². The van der Waals surface area contributed by atoms with Crippen LogP contribution >= 0.6 is 0 Å². The molecule has 0 bridgehead atoms. The van der Waals surface area contributed by atoms with Gasteiger partial charge in [0.25, 0.3) is 0 Å². The molecule has 2 aromatic carbocycles. The fourth-order valence-electron chi connectivity index (χ4n) is 10.4. The normalized spacial score (nSPS) is 20.2. The average Bonchev–Trinajstić information content (AvgIpc) is 4.41. The Morgan fingerprint density at radius 2 is 1.46 bits per heavy atom. The lowest BCUT2D eigenvalue weighted by Crippen LogP contribution is -2.56. The molecule has 7 heterocycles. The zero-order valence-corrected chi connectivity index (χ0v) is 50.2. The molecular weight excluding hydrogens is 1090 g/mol. The van der Waals surface area contributed by atoms with E-state index >= 15 is 0 Å². The molecule has 0 aliphatic carbocycles. The molecule has 0 unspecified atom stereocenters. The number of nitrogens with two attached hydrogens (primary N) is 2. The van der Waals surface area contributed by atoms with Crippen LogP contribution in [0.2, 0.25) is 0 Å². The Bertz CT molecular complexity index is 3270. The number of hydrogen-bond donors (Lipinski definition) is 7. The summed E-state index contributed by atoms with van der Waals surface area (Å²) in [4.78, 5) is 57.3. The smallest absolute Gasteiger partial charge is 0.407 e. The number of nitrogens with zero attached hydrogens (tertiary/aromatic N) is 8. The van der Waals surface area contributed by atoms with Gasteiger partial charge in [-0.05, 0) is 118 Å². The molecule has 4 saturated heterocycles. The standard InChI is InChI=1S/C26H35N7O3S.C21H34N6O2.C10H12O2.HNO2S.H2/c1-18-16-33-23(28-24(18)31-14-12-20(27)17-31)15-21(29-33)22-11-7-8-13-32(22)25(34)26(2,30-37(3,35)36)19-9-5-4-6-10-19;1-14-12-24-18(11-16(22)17-7-5-6-9-23-17)26-19(14)27-10-8-15(13-27)25-20(28)29-21(2,3)4;1-10(2,9(11)12)8-6-4-3-5-7-8;1-4(2)3;/h4-6,9-10,15-16,20,22,30H,7-8,11-14,17,27H2,1-3H3;11-12,15,17,23H,5-10,13,22H2,1-4H3,(H,25,28);3-7H,1-2H3,(H,11,12);1H;1H/t20-,22-,26-;15-,17-;;;/m00.../s1. The van der Waals surface area contributed by atoms with Crippen LogP contribution in [0.15, 0.2) is 84.8 Å². The molecule has 448 valence electrons. The monoisotopic (exact) mass is 1170 g/mol. The van der Waals surface area contributed by atoms with Gasteiger partial charge in [-0.1, -0.05) is 67.1 Å². The minimum atomic E-state index is -3.68. The molecule has 4 aliphatic heterocycles. The SMILES string of the molecule is CC(C)(C(=O)O)c1ccccc1.Cc1cn2nc([C@@H]3CCCCN3C(=O)[C@@](C)(NS(C)(=O)=O)c3ccccc3)cc2nc1N1CC[C@H](N)C1.Cc1cnc(C=C(N)[C@@H]2CCCCN2)nc1N1CC[C@H](NC(=O)OC(C)(C)C)C1.N=S(=O)=O.[HH]. The molecule has 5 atom stereocenters. The van der Waals surface area contributed by atoms with Crippen molar-refractivity contribution in [2.24, 2.45) is 11.5 Å². The first-order valence-electron chi connectivity index (χ1n) is 27.7. The zero-order chi connectivity index (χ0) is 60.2. The lowest BCUT2D eigenvalue weighted by molar-refractivity contribution is -0.142. The molecule has 4 aliphatic rings. The number of amides is 2. The third-order valence-electron chi connectivity index (χ3n) is 14.6. The first-order chi connectivity index (χ1) is 38.5. The maximum atomic E-state index is 14.1. The quantitative estimate of drug-likeness (QED) is 0.0716. The fourth-order valence-corrected chi connectivity index (χ4v) is 11.3. The molecule has 9 N–H and O–H groups in total. The Balaban J connectivity index is 0.000000242. The van der Waals surface area contributed by atoms with Crippen LogP contribution in [0.4, 0.5) is 16.4 Å². The maximum Gasteiger partial charge on any atom is 0.407 e. The van der Waals surface area contributed by atoms with Crippen LogP contribution in [-0.2, 0) is 45.8 Å². The second kappa shape index (κ2) is 27.8. The number of anilines is 2. The Morgan fingerprint density at radius 1 is 0.854 bits per heavy atom. The fraction of sp³-hybridized carbons (Fsp3) is 0.526. The van der Waals surface area contributed by atoms with Gasteiger partial charge < -0.3 is 46.6 Å². The summed E-state index contributed by atoms with van der Waals surface area (Å²) in [5.74, 6) is 1.34. The number of carboxylic acid groups (broad SMARTS) is 1. The number of fused-ring (bicyclic) bond motifs is 1. The van der Waals surface area contributed by atoms with Crippen LogP contribution in [0.3, 0.4) is 0 Å². The maximum absolute atomic E-state index is 14.1. The first-order valence-corrected chi connectivity index (χ1v) is 30.6. The third kappa shape index (κ3) is 17.7. The minimum Gasteiger partial charge on any atom is -0.481 e. The van der Waals surface area contributed by atoms with Gasteiger partial charge in [0, 0.05) is 87.6 Å². The van der Waals surface area contributed by atoms with Gasteiger partial charge in [-0.3, -0.25) is 9.59 Å². The summed E-state index contributed by atoms with van der Waals surface area (Å²) in [6.45, 7) is 19.3. The summed E-state index contributed by atoms with van der Waals surface area (Å²) >= 11 is 0. The molecule has 5 aromatic rings. The number of aryl methyl sites for hydroxylation is 2. The summed E-state index contributed by atoms with van der Waals surface area (Å²) in [5, 5.41) is 20.1. The molecule has 0 radical (unpaired) electrons. The van der Waals surface area contributed by atoms with Crippen molar-refractivity contribution < 1.29 is 42.5 Å². The second-order valence-corrected chi connectivity index (χ2v) is 25.2. The van der Waals surface area contributed by atoms with Crippen molar-refractivity contribution >= 4 is 61.9 Å². The summed E-state index contributed by atoms with van der Waals surface area (Å²) in [7, 11) is -6.29. The van der Waals surface area contributed by atoms with E-state index in [4.69, 9.17) is 49.6 Å². The van der Waals surface area contributed by atoms with Crippen LogP contribution in [0.5, 0.6) is 0 Å². The lowest BCUT2D eigenvalue weighted by atomic mass is 9.85. The molecule has 82 heavy (non-hydrogen) atoms. The molecule has 2 amide bonds. The molecular formula is C57H84N14O9S2. The van der Waals surface area contributed by atoms with Crippen molar-refractivity contribution in [1.29, 1.82) is 4.78 Å². The Labute approximate surface area is 484 Å². The molecule has 0 saturated carbocycles.